The van der Waals surface area contributed by atoms with Gasteiger partial charge in [-0.15, -0.1) is 0 Å². The van der Waals surface area contributed by atoms with E-state index in [2.05, 4.69) is 31.2 Å². The molecule has 17 heavy (non-hydrogen) atoms. The number of nitrogens with one attached hydrogen (secondary N) is 1. The van der Waals surface area contributed by atoms with Crippen molar-refractivity contribution in [2.45, 2.75) is 19.4 Å². The Morgan fingerprint density at radius 2 is 1.94 bits per heavy atom. The molecule has 0 heterocycles. The highest BCUT2D eigenvalue weighted by molar-refractivity contribution is 5.69. The van der Waals surface area contributed by atoms with Gasteiger partial charge in [0.1, 0.15) is 5.75 Å². The molecular formula is C13H20N2O2. The molecule has 0 aliphatic rings. The summed E-state index contributed by atoms with van der Waals surface area (Å²) in [7, 11) is 5.65. The Bertz CT molecular complexity index is 360. The SMILES string of the molecule is CCC(c1ccc(OC(=O)NC)cc1)N(C)C. The first-order valence-corrected chi connectivity index (χ1v) is 5.74. The maximum Gasteiger partial charge on any atom is 0.412 e. The summed E-state index contributed by atoms with van der Waals surface area (Å²) in [5.74, 6) is 0.557. The van der Waals surface area contributed by atoms with Crippen molar-refractivity contribution in [2.24, 2.45) is 0 Å². The van der Waals surface area contributed by atoms with Crippen LogP contribution in [0.3, 0.4) is 0 Å². The number of ether oxygens (including phenoxy) is 1. The summed E-state index contributed by atoms with van der Waals surface area (Å²) in [4.78, 5) is 13.2. The molecule has 94 valence electrons. The highest BCUT2D eigenvalue weighted by Crippen LogP contribution is 2.23. The Labute approximate surface area is 103 Å². The first-order valence-electron chi connectivity index (χ1n) is 5.74. The summed E-state index contributed by atoms with van der Waals surface area (Å²) < 4.78 is 5.03. The molecule has 1 N–H and O–H groups in total. The molecule has 4 nitrogen and oxygen atoms in total. The first-order chi connectivity index (χ1) is 8.08. The molecule has 1 aromatic carbocycles. The molecule has 1 amide bonds. The van der Waals surface area contributed by atoms with Gasteiger partial charge in [-0.25, -0.2) is 4.79 Å². The number of carbonyl (C=O) groups is 1. The van der Waals surface area contributed by atoms with Crippen LogP contribution < -0.4 is 10.1 Å². The van der Waals surface area contributed by atoms with Gasteiger partial charge in [-0.1, -0.05) is 19.1 Å². The molecule has 0 aromatic heterocycles. The van der Waals surface area contributed by atoms with Gasteiger partial charge in [0.15, 0.2) is 0 Å². The molecule has 0 aliphatic heterocycles. The van der Waals surface area contributed by atoms with Gasteiger partial charge in [0.25, 0.3) is 0 Å². The molecule has 1 atom stereocenters. The number of rotatable bonds is 4. The van der Waals surface area contributed by atoms with Crippen LogP contribution in [-0.2, 0) is 0 Å². The molecule has 1 aromatic rings. The van der Waals surface area contributed by atoms with Gasteiger partial charge in [0.05, 0.1) is 0 Å². The molecule has 0 saturated heterocycles. The Balaban J connectivity index is 2.76. The lowest BCUT2D eigenvalue weighted by molar-refractivity contribution is 0.203. The normalized spacial score (nSPS) is 12.3. The lowest BCUT2D eigenvalue weighted by Crippen LogP contribution is -2.22. The molecule has 1 rings (SSSR count). The largest absolute Gasteiger partial charge is 0.412 e. The average molecular weight is 236 g/mol. The van der Waals surface area contributed by atoms with Gasteiger partial charge in [0.2, 0.25) is 0 Å². The smallest absolute Gasteiger partial charge is 0.410 e. The third-order valence-electron chi connectivity index (χ3n) is 2.69. The predicted molar refractivity (Wildman–Crippen MR) is 68.2 cm³/mol. The fourth-order valence-corrected chi connectivity index (χ4v) is 1.82. The topological polar surface area (TPSA) is 41.6 Å². The maximum atomic E-state index is 11.0. The Morgan fingerprint density at radius 1 is 1.35 bits per heavy atom. The van der Waals surface area contributed by atoms with Gasteiger partial charge in [-0.3, -0.25) is 0 Å². The van der Waals surface area contributed by atoms with E-state index >= 15 is 0 Å². The molecule has 0 radical (unpaired) electrons. The third-order valence-corrected chi connectivity index (χ3v) is 2.69. The zero-order chi connectivity index (χ0) is 12.8. The van der Waals surface area contributed by atoms with Crippen LogP contribution in [0.4, 0.5) is 4.79 Å². The molecule has 0 saturated carbocycles. The van der Waals surface area contributed by atoms with Crippen molar-refractivity contribution in [3.63, 3.8) is 0 Å². The summed E-state index contributed by atoms with van der Waals surface area (Å²) in [5, 5.41) is 2.41. The second kappa shape index (κ2) is 6.25. The minimum atomic E-state index is -0.447. The zero-order valence-electron chi connectivity index (χ0n) is 10.9. The lowest BCUT2D eigenvalue weighted by atomic mass is 10.0. The second-order valence-corrected chi connectivity index (χ2v) is 4.10. The molecule has 0 bridgehead atoms. The summed E-state index contributed by atoms with van der Waals surface area (Å²) in [6, 6.07) is 8.01. The van der Waals surface area contributed by atoms with Gasteiger partial charge < -0.3 is 15.0 Å². The van der Waals surface area contributed by atoms with Crippen LogP contribution in [-0.4, -0.2) is 32.1 Å². The Morgan fingerprint density at radius 3 is 2.35 bits per heavy atom. The summed E-state index contributed by atoms with van der Waals surface area (Å²) >= 11 is 0. The maximum absolute atomic E-state index is 11.0. The minimum Gasteiger partial charge on any atom is -0.410 e. The van der Waals surface area contributed by atoms with Crippen LogP contribution in [0, 0.1) is 0 Å². The molecule has 0 aliphatic carbocycles. The molecule has 1 unspecified atom stereocenters. The van der Waals surface area contributed by atoms with E-state index in [9.17, 15) is 4.79 Å². The molecular weight excluding hydrogens is 216 g/mol. The molecule has 0 fully saturated rings. The van der Waals surface area contributed by atoms with E-state index in [-0.39, 0.29) is 0 Å². The van der Waals surface area contributed by atoms with Crippen molar-refractivity contribution < 1.29 is 9.53 Å². The predicted octanol–water partition coefficient (Wildman–Crippen LogP) is 2.42. The number of hydrogen-bond acceptors (Lipinski definition) is 3. The lowest BCUT2D eigenvalue weighted by Gasteiger charge is -2.23. The van der Waals surface area contributed by atoms with Crippen molar-refractivity contribution in [1.82, 2.24) is 10.2 Å². The van der Waals surface area contributed by atoms with Gasteiger partial charge in [0, 0.05) is 13.1 Å². The monoisotopic (exact) mass is 236 g/mol. The van der Waals surface area contributed by atoms with Gasteiger partial charge in [-0.05, 0) is 38.2 Å². The summed E-state index contributed by atoms with van der Waals surface area (Å²) in [6.07, 6.45) is 0.597. The highest BCUT2D eigenvalue weighted by atomic mass is 16.5. The van der Waals surface area contributed by atoms with Crippen LogP contribution in [0.25, 0.3) is 0 Å². The summed E-state index contributed by atoms with van der Waals surface area (Å²) in [5.41, 5.74) is 1.22. The van der Waals surface area contributed by atoms with Crippen LogP contribution in [0.2, 0.25) is 0 Å². The van der Waals surface area contributed by atoms with E-state index < -0.39 is 6.09 Å². The van der Waals surface area contributed by atoms with E-state index in [1.165, 1.54) is 12.6 Å². The standard InChI is InChI=1S/C13H20N2O2/c1-5-12(15(3)4)10-6-8-11(9-7-10)17-13(16)14-2/h6-9,12H,5H2,1-4H3,(H,14,16). The number of amides is 1. The number of hydrogen-bond donors (Lipinski definition) is 1. The highest BCUT2D eigenvalue weighted by Gasteiger charge is 2.11. The van der Waals surface area contributed by atoms with Crippen molar-refractivity contribution in [3.8, 4) is 5.75 Å². The van der Waals surface area contributed by atoms with E-state index in [1.54, 1.807) is 0 Å². The van der Waals surface area contributed by atoms with Crippen LogP contribution in [0.15, 0.2) is 24.3 Å². The zero-order valence-corrected chi connectivity index (χ0v) is 10.9. The third kappa shape index (κ3) is 3.75. The first kappa shape index (κ1) is 13.5. The van der Waals surface area contributed by atoms with Gasteiger partial charge >= 0.3 is 6.09 Å². The van der Waals surface area contributed by atoms with Crippen molar-refractivity contribution >= 4 is 6.09 Å². The molecule has 0 spiro atoms. The van der Waals surface area contributed by atoms with Crippen molar-refractivity contribution in [2.75, 3.05) is 21.1 Å². The Kier molecular flexibility index (Phi) is 4.97. The van der Waals surface area contributed by atoms with Crippen molar-refractivity contribution in [3.05, 3.63) is 29.8 Å². The van der Waals surface area contributed by atoms with Gasteiger partial charge in [-0.2, -0.15) is 0 Å². The van der Waals surface area contributed by atoms with E-state index in [4.69, 9.17) is 4.74 Å². The van der Waals surface area contributed by atoms with E-state index in [1.807, 2.05) is 24.3 Å². The fraction of sp³-hybridized carbons (Fsp3) is 0.462. The average Bonchev–Trinajstić information content (AvgIpc) is 2.31. The quantitative estimate of drug-likeness (QED) is 0.873. The number of carbonyl (C=O) groups excluding carboxylic acids is 1. The van der Waals surface area contributed by atoms with Crippen LogP contribution >= 0.6 is 0 Å². The second-order valence-electron chi connectivity index (χ2n) is 4.10. The van der Waals surface area contributed by atoms with Crippen LogP contribution in [0.1, 0.15) is 24.9 Å². The van der Waals surface area contributed by atoms with Crippen LogP contribution in [0.5, 0.6) is 5.75 Å². The molecule has 4 heteroatoms. The minimum absolute atomic E-state index is 0.393. The number of nitrogens with zero attached hydrogens (tertiary/aromatic N) is 1. The summed E-state index contributed by atoms with van der Waals surface area (Å²) in [6.45, 7) is 2.15. The Hall–Kier alpha value is -1.55. The number of benzene rings is 1. The van der Waals surface area contributed by atoms with Crippen molar-refractivity contribution in [1.29, 1.82) is 0 Å². The fourth-order valence-electron chi connectivity index (χ4n) is 1.82. The van der Waals surface area contributed by atoms with E-state index in [0.717, 1.165) is 6.42 Å². The van der Waals surface area contributed by atoms with E-state index in [0.29, 0.717) is 11.8 Å².